The van der Waals surface area contributed by atoms with Crippen LogP contribution in [0.25, 0.3) is 0 Å². The maximum Gasteiger partial charge on any atom is 0.200 e. The van der Waals surface area contributed by atoms with E-state index in [9.17, 15) is 4.79 Å². The summed E-state index contributed by atoms with van der Waals surface area (Å²) in [6.45, 7) is 1.49. The number of hydrogen-bond acceptors (Lipinski definition) is 4. The first-order valence-electron chi connectivity index (χ1n) is 7.20. The molecule has 1 aliphatic rings. The summed E-state index contributed by atoms with van der Waals surface area (Å²) in [6.07, 6.45) is 0.0998. The molecule has 0 radical (unpaired) electrons. The third-order valence-electron chi connectivity index (χ3n) is 3.47. The second-order valence-electron chi connectivity index (χ2n) is 5.21. The Morgan fingerprint density at radius 2 is 1.74 bits per heavy atom. The van der Waals surface area contributed by atoms with Gasteiger partial charge in [-0.15, -0.1) is 0 Å². The lowest BCUT2D eigenvalue weighted by Crippen LogP contribution is -2.50. The summed E-state index contributed by atoms with van der Waals surface area (Å²) >= 11 is 11.8. The number of ketones is 1. The molecule has 0 saturated carbocycles. The van der Waals surface area contributed by atoms with Gasteiger partial charge in [0.2, 0.25) is 0 Å². The Bertz CT molecular complexity index is 699. The average Bonchev–Trinajstić information content (AvgIpc) is 2.50. The van der Waals surface area contributed by atoms with Gasteiger partial charge in [0.15, 0.2) is 23.9 Å². The molecule has 0 spiro atoms. The van der Waals surface area contributed by atoms with Gasteiger partial charge >= 0.3 is 0 Å². The van der Waals surface area contributed by atoms with Crippen LogP contribution in [0.4, 0.5) is 0 Å². The van der Waals surface area contributed by atoms with E-state index >= 15 is 0 Å². The van der Waals surface area contributed by atoms with Gasteiger partial charge in [-0.1, -0.05) is 23.2 Å². The third kappa shape index (κ3) is 4.16. The highest BCUT2D eigenvalue weighted by Crippen LogP contribution is 2.31. The standard InChI is InChI=1S/C17H15Cl2NO3/c18-12-3-1-11(2-4-12)15(21)10-22-16-6-5-13(19)7-17(16)23-14-8-20-9-14/h1-7,14,20H,8-10H2. The minimum Gasteiger partial charge on any atom is -0.484 e. The number of halogens is 2. The first kappa shape index (κ1) is 16.1. The summed E-state index contributed by atoms with van der Waals surface area (Å²) in [6, 6.07) is 11.8. The van der Waals surface area contributed by atoms with Gasteiger partial charge in [0.1, 0.15) is 6.10 Å². The lowest BCUT2D eigenvalue weighted by molar-refractivity contribution is 0.0911. The Morgan fingerprint density at radius 1 is 1.04 bits per heavy atom. The maximum atomic E-state index is 12.2. The van der Waals surface area contributed by atoms with Gasteiger partial charge in [-0.05, 0) is 36.4 Å². The molecule has 1 N–H and O–H groups in total. The fourth-order valence-corrected chi connectivity index (χ4v) is 2.37. The first-order valence-corrected chi connectivity index (χ1v) is 7.96. The Kier molecular flexibility index (Phi) is 5.06. The molecule has 6 heteroatoms. The highest BCUT2D eigenvalue weighted by atomic mass is 35.5. The van der Waals surface area contributed by atoms with Crippen molar-refractivity contribution < 1.29 is 14.3 Å². The van der Waals surface area contributed by atoms with Crippen molar-refractivity contribution >= 4 is 29.0 Å². The van der Waals surface area contributed by atoms with Gasteiger partial charge in [-0.3, -0.25) is 4.79 Å². The fourth-order valence-electron chi connectivity index (χ4n) is 2.08. The predicted octanol–water partition coefficient (Wildman–Crippen LogP) is 3.61. The van der Waals surface area contributed by atoms with E-state index in [0.29, 0.717) is 27.1 Å². The minimum atomic E-state index is -0.132. The predicted molar refractivity (Wildman–Crippen MR) is 90.0 cm³/mol. The van der Waals surface area contributed by atoms with Crippen LogP contribution in [0.15, 0.2) is 42.5 Å². The quantitative estimate of drug-likeness (QED) is 0.807. The summed E-state index contributed by atoms with van der Waals surface area (Å²) in [7, 11) is 0. The molecule has 1 fully saturated rings. The van der Waals surface area contributed by atoms with E-state index in [1.54, 1.807) is 42.5 Å². The molecule has 0 unspecified atom stereocenters. The molecule has 0 aliphatic carbocycles. The van der Waals surface area contributed by atoms with Crippen LogP contribution in [0.2, 0.25) is 10.0 Å². The minimum absolute atomic E-state index is 0.0808. The summed E-state index contributed by atoms with van der Waals surface area (Å²) in [5.74, 6) is 0.921. The maximum absolute atomic E-state index is 12.2. The zero-order chi connectivity index (χ0) is 16.2. The highest BCUT2D eigenvalue weighted by Gasteiger charge is 2.20. The van der Waals surface area contributed by atoms with E-state index in [0.717, 1.165) is 13.1 Å². The van der Waals surface area contributed by atoms with Crippen molar-refractivity contribution in [3.63, 3.8) is 0 Å². The Hall–Kier alpha value is -1.75. The molecule has 1 saturated heterocycles. The number of benzene rings is 2. The zero-order valence-corrected chi connectivity index (χ0v) is 13.7. The van der Waals surface area contributed by atoms with E-state index in [4.69, 9.17) is 32.7 Å². The lowest BCUT2D eigenvalue weighted by Gasteiger charge is -2.28. The van der Waals surface area contributed by atoms with E-state index in [-0.39, 0.29) is 18.5 Å². The van der Waals surface area contributed by atoms with Crippen molar-refractivity contribution in [2.75, 3.05) is 19.7 Å². The van der Waals surface area contributed by atoms with Crippen molar-refractivity contribution in [3.05, 3.63) is 58.1 Å². The van der Waals surface area contributed by atoms with Gasteiger partial charge in [-0.2, -0.15) is 0 Å². The number of carbonyl (C=O) groups is 1. The van der Waals surface area contributed by atoms with Crippen LogP contribution >= 0.6 is 23.2 Å². The molecule has 1 heterocycles. The smallest absolute Gasteiger partial charge is 0.200 e. The highest BCUT2D eigenvalue weighted by molar-refractivity contribution is 6.31. The van der Waals surface area contributed by atoms with Crippen molar-refractivity contribution in [2.24, 2.45) is 0 Å². The van der Waals surface area contributed by atoms with Crippen LogP contribution < -0.4 is 14.8 Å². The molecule has 0 amide bonds. The topological polar surface area (TPSA) is 47.6 Å². The molecule has 0 aromatic heterocycles. The summed E-state index contributed by atoms with van der Waals surface area (Å²) in [4.78, 5) is 12.2. The molecule has 120 valence electrons. The second kappa shape index (κ2) is 7.21. The summed E-state index contributed by atoms with van der Waals surface area (Å²) in [5.41, 5.74) is 0.550. The summed E-state index contributed by atoms with van der Waals surface area (Å²) in [5, 5.41) is 4.27. The molecule has 23 heavy (non-hydrogen) atoms. The van der Waals surface area contributed by atoms with Gasteiger partial charge in [0, 0.05) is 34.8 Å². The van der Waals surface area contributed by atoms with Crippen molar-refractivity contribution in [1.82, 2.24) is 5.32 Å². The Labute approximate surface area is 144 Å². The van der Waals surface area contributed by atoms with Crippen LogP contribution in [0.1, 0.15) is 10.4 Å². The van der Waals surface area contributed by atoms with E-state index < -0.39 is 0 Å². The van der Waals surface area contributed by atoms with Gasteiger partial charge < -0.3 is 14.8 Å². The van der Waals surface area contributed by atoms with Gasteiger partial charge in [0.25, 0.3) is 0 Å². The Morgan fingerprint density at radius 3 is 2.39 bits per heavy atom. The van der Waals surface area contributed by atoms with Crippen LogP contribution in [-0.2, 0) is 0 Å². The van der Waals surface area contributed by atoms with E-state index in [1.807, 2.05) is 0 Å². The summed E-state index contributed by atoms with van der Waals surface area (Å²) < 4.78 is 11.4. The molecule has 0 bridgehead atoms. The third-order valence-corrected chi connectivity index (χ3v) is 3.96. The van der Waals surface area contributed by atoms with Crippen LogP contribution in [-0.4, -0.2) is 31.6 Å². The number of hydrogen-bond donors (Lipinski definition) is 1. The van der Waals surface area contributed by atoms with Crippen molar-refractivity contribution in [2.45, 2.75) is 6.10 Å². The number of Topliss-reactive ketones (excluding diaryl/α,β-unsaturated/α-hetero) is 1. The van der Waals surface area contributed by atoms with Crippen LogP contribution in [0.5, 0.6) is 11.5 Å². The molecule has 4 nitrogen and oxygen atoms in total. The average molecular weight is 352 g/mol. The SMILES string of the molecule is O=C(COc1ccc(Cl)cc1OC1CNC1)c1ccc(Cl)cc1. The van der Waals surface area contributed by atoms with Crippen LogP contribution in [0.3, 0.4) is 0 Å². The van der Waals surface area contributed by atoms with E-state index in [1.165, 1.54) is 0 Å². The van der Waals surface area contributed by atoms with E-state index in [2.05, 4.69) is 5.32 Å². The van der Waals surface area contributed by atoms with Crippen LogP contribution in [0, 0.1) is 0 Å². The number of carbonyl (C=O) groups excluding carboxylic acids is 1. The molecule has 3 rings (SSSR count). The molecular weight excluding hydrogens is 337 g/mol. The first-order chi connectivity index (χ1) is 11.1. The van der Waals surface area contributed by atoms with Gasteiger partial charge in [-0.25, -0.2) is 0 Å². The number of rotatable bonds is 6. The second-order valence-corrected chi connectivity index (χ2v) is 6.08. The van der Waals surface area contributed by atoms with Crippen molar-refractivity contribution in [1.29, 1.82) is 0 Å². The number of ether oxygens (including phenoxy) is 2. The lowest BCUT2D eigenvalue weighted by atomic mass is 10.1. The Balaban J connectivity index is 1.67. The monoisotopic (exact) mass is 351 g/mol. The molecule has 1 aliphatic heterocycles. The molecular formula is C17H15Cl2NO3. The normalized spacial score (nSPS) is 14.2. The largest absolute Gasteiger partial charge is 0.484 e. The number of nitrogens with one attached hydrogen (secondary N) is 1. The van der Waals surface area contributed by atoms with Gasteiger partial charge in [0.05, 0.1) is 0 Å². The fraction of sp³-hybridized carbons (Fsp3) is 0.235. The molecule has 2 aromatic carbocycles. The van der Waals surface area contributed by atoms with Crippen molar-refractivity contribution in [3.8, 4) is 11.5 Å². The molecule has 2 aromatic rings. The molecule has 0 atom stereocenters. The zero-order valence-electron chi connectivity index (χ0n) is 12.2.